The van der Waals surface area contributed by atoms with E-state index in [0.717, 1.165) is 6.07 Å². The van der Waals surface area contributed by atoms with Crippen molar-refractivity contribution in [2.24, 2.45) is 0 Å². The minimum absolute atomic E-state index is 0.0295. The first-order chi connectivity index (χ1) is 9.44. The molecule has 0 atom stereocenters. The number of H-pyrrole nitrogens is 1. The molecule has 3 N–H and O–H groups in total. The fourth-order valence-electron chi connectivity index (χ4n) is 1.99. The number of rotatable bonds is 2. The van der Waals surface area contributed by atoms with Crippen molar-refractivity contribution in [3.63, 3.8) is 0 Å². The van der Waals surface area contributed by atoms with Gasteiger partial charge in [-0.25, -0.2) is 0 Å². The lowest BCUT2D eigenvalue weighted by Gasteiger charge is -2.12. The van der Waals surface area contributed by atoms with Gasteiger partial charge in [-0.05, 0) is 18.2 Å². The fourth-order valence-corrected chi connectivity index (χ4v) is 3.22. The number of hydrogen-bond donors (Lipinski definition) is 2. The van der Waals surface area contributed by atoms with E-state index < -0.39 is 21.8 Å². The zero-order valence-corrected chi connectivity index (χ0v) is 10.7. The van der Waals surface area contributed by atoms with Gasteiger partial charge in [-0.2, -0.15) is 17.8 Å². The van der Waals surface area contributed by atoms with E-state index in [4.69, 9.17) is 5.73 Å². The minimum Gasteiger partial charge on any atom is -0.398 e. The standard InChI is InChI=1S/C11H8N4O4S/c12-7-3-1-2-6-9(7)11(17)15(10(6)16)20(18,19)8-4-5-13-14-8/h1-5H,12H2,(H,13,14). The second-order valence-corrected chi connectivity index (χ2v) is 5.83. The molecule has 1 aromatic heterocycles. The summed E-state index contributed by atoms with van der Waals surface area (Å²) in [6.45, 7) is 0. The van der Waals surface area contributed by atoms with Gasteiger partial charge < -0.3 is 5.73 Å². The first kappa shape index (κ1) is 12.4. The highest BCUT2D eigenvalue weighted by atomic mass is 32.2. The molecule has 0 fully saturated rings. The van der Waals surface area contributed by atoms with Crippen molar-refractivity contribution >= 4 is 27.5 Å². The zero-order valence-electron chi connectivity index (χ0n) is 9.90. The molecule has 1 aliphatic heterocycles. The van der Waals surface area contributed by atoms with Crippen LogP contribution >= 0.6 is 0 Å². The van der Waals surface area contributed by atoms with E-state index in [0.29, 0.717) is 0 Å². The van der Waals surface area contributed by atoms with Gasteiger partial charge in [0.15, 0.2) is 5.03 Å². The molecular weight excluding hydrogens is 284 g/mol. The highest BCUT2D eigenvalue weighted by Gasteiger charge is 2.45. The number of benzene rings is 1. The van der Waals surface area contributed by atoms with Gasteiger partial charge >= 0.3 is 0 Å². The SMILES string of the molecule is Nc1cccc2c1C(=O)N(S(=O)(=O)c1ccn[nH]1)C2=O. The highest BCUT2D eigenvalue weighted by Crippen LogP contribution is 2.31. The summed E-state index contributed by atoms with van der Waals surface area (Å²) in [7, 11) is -4.32. The van der Waals surface area contributed by atoms with Crippen molar-refractivity contribution in [3.05, 3.63) is 41.6 Å². The van der Waals surface area contributed by atoms with Crippen LogP contribution in [0.2, 0.25) is 0 Å². The van der Waals surface area contributed by atoms with Crippen LogP contribution < -0.4 is 5.73 Å². The number of carbonyl (C=O) groups excluding carboxylic acids is 2. The molecule has 0 saturated heterocycles. The number of nitrogens with zero attached hydrogens (tertiary/aromatic N) is 2. The Morgan fingerprint density at radius 2 is 1.90 bits per heavy atom. The number of hydrogen-bond acceptors (Lipinski definition) is 6. The van der Waals surface area contributed by atoms with Crippen molar-refractivity contribution in [1.82, 2.24) is 14.5 Å². The molecule has 9 heteroatoms. The van der Waals surface area contributed by atoms with Gasteiger partial charge in [0.2, 0.25) is 0 Å². The highest BCUT2D eigenvalue weighted by molar-refractivity contribution is 7.90. The van der Waals surface area contributed by atoms with Gasteiger partial charge in [0.05, 0.1) is 17.3 Å². The van der Waals surface area contributed by atoms with Gasteiger partial charge in [0.25, 0.3) is 21.8 Å². The number of aromatic nitrogens is 2. The van der Waals surface area contributed by atoms with E-state index in [9.17, 15) is 18.0 Å². The summed E-state index contributed by atoms with van der Waals surface area (Å²) in [4.78, 5) is 24.3. The Morgan fingerprint density at radius 3 is 2.50 bits per heavy atom. The predicted octanol–water partition coefficient (Wildman–Crippen LogP) is -0.0232. The minimum atomic E-state index is -4.32. The summed E-state index contributed by atoms with van der Waals surface area (Å²) in [6.07, 6.45) is 1.21. The molecule has 1 aromatic carbocycles. The van der Waals surface area contributed by atoms with Crippen molar-refractivity contribution < 1.29 is 18.0 Å². The zero-order chi connectivity index (χ0) is 14.5. The van der Waals surface area contributed by atoms with Crippen molar-refractivity contribution in [2.45, 2.75) is 5.03 Å². The maximum absolute atomic E-state index is 12.3. The number of amides is 2. The summed E-state index contributed by atoms with van der Waals surface area (Å²) < 4.78 is 24.7. The van der Waals surface area contributed by atoms with Crippen molar-refractivity contribution in [3.8, 4) is 0 Å². The molecule has 0 unspecified atom stereocenters. The second kappa shape index (κ2) is 3.90. The van der Waals surface area contributed by atoms with Crippen LogP contribution in [-0.4, -0.2) is 34.7 Å². The third-order valence-electron chi connectivity index (χ3n) is 2.90. The van der Waals surface area contributed by atoms with E-state index in [1.165, 1.54) is 24.4 Å². The van der Waals surface area contributed by atoms with Crippen LogP contribution in [0, 0.1) is 0 Å². The van der Waals surface area contributed by atoms with Gasteiger partial charge in [-0.1, -0.05) is 6.07 Å². The lowest BCUT2D eigenvalue weighted by molar-refractivity contribution is 0.0765. The van der Waals surface area contributed by atoms with Crippen molar-refractivity contribution in [2.75, 3.05) is 5.73 Å². The lowest BCUT2D eigenvalue weighted by atomic mass is 10.1. The number of fused-ring (bicyclic) bond motifs is 1. The van der Waals surface area contributed by atoms with Crippen LogP contribution in [0.5, 0.6) is 0 Å². The molecule has 0 saturated carbocycles. The number of nitrogens with two attached hydrogens (primary N) is 1. The number of nitrogens with one attached hydrogen (secondary N) is 1. The van der Waals surface area contributed by atoms with E-state index in [1.54, 1.807) is 0 Å². The third kappa shape index (κ3) is 1.46. The van der Waals surface area contributed by atoms with E-state index in [-0.39, 0.29) is 26.1 Å². The van der Waals surface area contributed by atoms with Gasteiger partial charge in [-0.3, -0.25) is 14.7 Å². The molecule has 102 valence electrons. The Balaban J connectivity index is 2.19. The van der Waals surface area contributed by atoms with Crippen LogP contribution in [0.15, 0.2) is 35.5 Å². The van der Waals surface area contributed by atoms with Crippen LogP contribution in [0.4, 0.5) is 5.69 Å². The number of sulfonamides is 1. The van der Waals surface area contributed by atoms with Gasteiger partial charge in [0, 0.05) is 5.69 Å². The normalized spacial score (nSPS) is 14.7. The molecule has 2 heterocycles. The molecule has 1 aliphatic rings. The Kier molecular flexibility index (Phi) is 2.41. The topological polar surface area (TPSA) is 126 Å². The monoisotopic (exact) mass is 292 g/mol. The van der Waals surface area contributed by atoms with Crippen LogP contribution in [0.1, 0.15) is 20.7 Å². The smallest absolute Gasteiger partial charge is 0.290 e. The molecule has 2 aromatic rings. The molecule has 0 aliphatic carbocycles. The molecule has 20 heavy (non-hydrogen) atoms. The Labute approximate surface area is 113 Å². The number of imide groups is 1. The predicted molar refractivity (Wildman–Crippen MR) is 67.1 cm³/mol. The summed E-state index contributed by atoms with van der Waals surface area (Å²) >= 11 is 0. The number of carbonyl (C=O) groups is 2. The number of aromatic amines is 1. The first-order valence-corrected chi connectivity index (χ1v) is 6.90. The van der Waals surface area contributed by atoms with E-state index in [1.807, 2.05) is 0 Å². The molecule has 2 amide bonds. The van der Waals surface area contributed by atoms with Crippen LogP contribution in [0.25, 0.3) is 0 Å². The molecule has 0 spiro atoms. The van der Waals surface area contributed by atoms with Crippen LogP contribution in [0.3, 0.4) is 0 Å². The largest absolute Gasteiger partial charge is 0.398 e. The van der Waals surface area contributed by atoms with Gasteiger partial charge in [0.1, 0.15) is 0 Å². The summed E-state index contributed by atoms with van der Waals surface area (Å²) in [5.41, 5.74) is 5.57. The number of anilines is 1. The first-order valence-electron chi connectivity index (χ1n) is 5.46. The summed E-state index contributed by atoms with van der Waals surface area (Å²) in [5.74, 6) is -1.88. The average Bonchev–Trinajstić information content (AvgIpc) is 2.99. The number of nitrogen functional groups attached to an aromatic ring is 1. The summed E-state index contributed by atoms with van der Waals surface area (Å²) in [5, 5.41) is 5.38. The third-order valence-corrected chi connectivity index (χ3v) is 4.50. The maximum atomic E-state index is 12.3. The fraction of sp³-hybridized carbons (Fsp3) is 0. The quantitative estimate of drug-likeness (QED) is 0.591. The van der Waals surface area contributed by atoms with Crippen LogP contribution in [-0.2, 0) is 10.0 Å². The second-order valence-electron chi connectivity index (χ2n) is 4.07. The van der Waals surface area contributed by atoms with E-state index in [2.05, 4.69) is 10.2 Å². The molecule has 0 bridgehead atoms. The summed E-state index contributed by atoms with van der Waals surface area (Å²) in [6, 6.07) is 5.42. The lowest BCUT2D eigenvalue weighted by Crippen LogP contribution is -2.36. The molecule has 3 rings (SSSR count). The van der Waals surface area contributed by atoms with Crippen molar-refractivity contribution in [1.29, 1.82) is 0 Å². The Hall–Kier alpha value is -2.68. The maximum Gasteiger partial charge on any atom is 0.290 e. The Morgan fingerprint density at radius 1 is 1.15 bits per heavy atom. The molecular formula is C11H8N4O4S. The molecule has 0 radical (unpaired) electrons. The Bertz CT molecular complexity index is 826. The average molecular weight is 292 g/mol. The van der Waals surface area contributed by atoms with E-state index >= 15 is 0 Å². The molecule has 8 nitrogen and oxygen atoms in total. The van der Waals surface area contributed by atoms with Gasteiger partial charge in [-0.15, -0.1) is 0 Å².